The second-order valence-corrected chi connectivity index (χ2v) is 7.68. The normalized spacial score (nSPS) is 15.8. The molecule has 0 saturated carbocycles. The fourth-order valence-electron chi connectivity index (χ4n) is 3.42. The van der Waals surface area contributed by atoms with Crippen LogP contribution in [0.1, 0.15) is 5.56 Å². The highest BCUT2D eigenvalue weighted by molar-refractivity contribution is 7.99. The maximum Gasteiger partial charge on any atom is 0.0962 e. The molecule has 0 spiro atoms. The molecule has 0 unspecified atom stereocenters. The fourth-order valence-corrected chi connectivity index (χ4v) is 4.39. The molecular formula is C20H24N4S. The Morgan fingerprint density at radius 2 is 2.00 bits per heavy atom. The van der Waals surface area contributed by atoms with Gasteiger partial charge in [-0.05, 0) is 42.8 Å². The van der Waals surface area contributed by atoms with Crippen molar-refractivity contribution < 1.29 is 0 Å². The summed E-state index contributed by atoms with van der Waals surface area (Å²) in [5.74, 6) is 1.10. The van der Waals surface area contributed by atoms with Gasteiger partial charge in [-0.1, -0.05) is 6.07 Å². The molecule has 1 fully saturated rings. The predicted octanol–water partition coefficient (Wildman–Crippen LogP) is 3.79. The van der Waals surface area contributed by atoms with Gasteiger partial charge in [0.1, 0.15) is 0 Å². The Kier molecular flexibility index (Phi) is 4.95. The summed E-state index contributed by atoms with van der Waals surface area (Å²) in [5.41, 5.74) is 3.86. The van der Waals surface area contributed by atoms with Crippen LogP contribution in [-0.2, 0) is 0 Å². The Morgan fingerprint density at radius 1 is 1.12 bits per heavy atom. The highest BCUT2D eigenvalue weighted by Crippen LogP contribution is 2.27. The SMILES string of the molecule is Cc1ccnc(SCCN2CCN(c3cccc4[nH]ccc34)CC2)c1. The van der Waals surface area contributed by atoms with E-state index in [1.807, 2.05) is 30.2 Å². The smallest absolute Gasteiger partial charge is 0.0962 e. The van der Waals surface area contributed by atoms with Gasteiger partial charge in [0.05, 0.1) is 5.03 Å². The third-order valence-corrected chi connectivity index (χ3v) is 5.74. The number of fused-ring (bicyclic) bond motifs is 1. The number of H-pyrrole nitrogens is 1. The lowest BCUT2D eigenvalue weighted by Gasteiger charge is -2.36. The Bertz CT molecular complexity index is 836. The van der Waals surface area contributed by atoms with Crippen LogP contribution >= 0.6 is 11.8 Å². The van der Waals surface area contributed by atoms with E-state index >= 15 is 0 Å². The third kappa shape index (κ3) is 3.83. The maximum atomic E-state index is 4.43. The molecule has 25 heavy (non-hydrogen) atoms. The van der Waals surface area contributed by atoms with Crippen LogP contribution in [0.5, 0.6) is 0 Å². The second kappa shape index (κ2) is 7.50. The first-order valence-corrected chi connectivity index (χ1v) is 9.87. The molecule has 2 aromatic heterocycles. The molecule has 1 aliphatic rings. The van der Waals surface area contributed by atoms with Crippen LogP contribution in [0.3, 0.4) is 0 Å². The number of piperazine rings is 1. The number of nitrogens with one attached hydrogen (secondary N) is 1. The van der Waals surface area contributed by atoms with E-state index in [-0.39, 0.29) is 0 Å². The summed E-state index contributed by atoms with van der Waals surface area (Å²) in [6.07, 6.45) is 3.93. The van der Waals surface area contributed by atoms with Crippen molar-refractivity contribution in [3.63, 3.8) is 0 Å². The Morgan fingerprint density at radius 3 is 2.84 bits per heavy atom. The van der Waals surface area contributed by atoms with Crippen LogP contribution in [0.25, 0.3) is 10.9 Å². The molecule has 1 aromatic carbocycles. The van der Waals surface area contributed by atoms with E-state index in [9.17, 15) is 0 Å². The first-order valence-electron chi connectivity index (χ1n) is 8.88. The topological polar surface area (TPSA) is 35.2 Å². The first-order chi connectivity index (χ1) is 12.3. The van der Waals surface area contributed by atoms with Gasteiger partial charge in [0, 0.05) is 67.5 Å². The van der Waals surface area contributed by atoms with Crippen molar-refractivity contribution in [2.24, 2.45) is 0 Å². The minimum absolute atomic E-state index is 1.09. The molecular weight excluding hydrogens is 328 g/mol. The Hall–Kier alpha value is -1.98. The zero-order valence-corrected chi connectivity index (χ0v) is 15.4. The molecule has 0 radical (unpaired) electrons. The van der Waals surface area contributed by atoms with Crippen LogP contribution in [0.2, 0.25) is 0 Å². The highest BCUT2D eigenvalue weighted by atomic mass is 32.2. The van der Waals surface area contributed by atoms with Gasteiger partial charge < -0.3 is 9.88 Å². The van der Waals surface area contributed by atoms with Crippen LogP contribution in [-0.4, -0.2) is 53.3 Å². The summed E-state index contributed by atoms with van der Waals surface area (Å²) in [4.78, 5) is 12.8. The van der Waals surface area contributed by atoms with Crippen molar-refractivity contribution >= 4 is 28.4 Å². The fraction of sp³-hybridized carbons (Fsp3) is 0.350. The third-order valence-electron chi connectivity index (χ3n) is 4.83. The van der Waals surface area contributed by atoms with Gasteiger partial charge in [-0.15, -0.1) is 11.8 Å². The van der Waals surface area contributed by atoms with Gasteiger partial charge in [0.2, 0.25) is 0 Å². The molecule has 0 atom stereocenters. The Balaban J connectivity index is 1.29. The number of hydrogen-bond donors (Lipinski definition) is 1. The quantitative estimate of drug-likeness (QED) is 0.709. The summed E-state index contributed by atoms with van der Waals surface area (Å²) in [6.45, 7) is 7.69. The van der Waals surface area contributed by atoms with Crippen molar-refractivity contribution in [1.82, 2.24) is 14.9 Å². The second-order valence-electron chi connectivity index (χ2n) is 6.56. The van der Waals surface area contributed by atoms with Crippen molar-refractivity contribution in [2.75, 3.05) is 43.4 Å². The molecule has 0 bridgehead atoms. The van der Waals surface area contributed by atoms with Crippen molar-refractivity contribution in [3.05, 3.63) is 54.4 Å². The molecule has 3 aromatic rings. The van der Waals surface area contributed by atoms with E-state index in [0.717, 1.165) is 43.5 Å². The zero-order chi connectivity index (χ0) is 17.1. The number of nitrogens with zero attached hydrogens (tertiary/aromatic N) is 3. The van der Waals surface area contributed by atoms with E-state index in [2.05, 4.69) is 57.0 Å². The number of pyridine rings is 1. The molecule has 0 amide bonds. The highest BCUT2D eigenvalue weighted by Gasteiger charge is 2.18. The zero-order valence-electron chi connectivity index (χ0n) is 14.6. The van der Waals surface area contributed by atoms with Gasteiger partial charge in [0.25, 0.3) is 0 Å². The van der Waals surface area contributed by atoms with E-state index in [0.29, 0.717) is 0 Å². The summed E-state index contributed by atoms with van der Waals surface area (Å²) in [7, 11) is 0. The molecule has 4 rings (SSSR count). The van der Waals surface area contributed by atoms with Crippen molar-refractivity contribution in [2.45, 2.75) is 11.9 Å². The molecule has 4 nitrogen and oxygen atoms in total. The van der Waals surface area contributed by atoms with Crippen LogP contribution in [0.15, 0.2) is 53.8 Å². The lowest BCUT2D eigenvalue weighted by Crippen LogP contribution is -2.47. The Labute approximate surface area is 153 Å². The number of aryl methyl sites for hydroxylation is 1. The molecule has 5 heteroatoms. The van der Waals surface area contributed by atoms with Gasteiger partial charge >= 0.3 is 0 Å². The minimum atomic E-state index is 1.09. The molecule has 1 N–H and O–H groups in total. The number of anilines is 1. The van der Waals surface area contributed by atoms with Crippen LogP contribution in [0, 0.1) is 6.92 Å². The molecule has 1 saturated heterocycles. The predicted molar refractivity (Wildman–Crippen MR) is 107 cm³/mol. The number of hydrogen-bond acceptors (Lipinski definition) is 4. The number of aromatic amines is 1. The van der Waals surface area contributed by atoms with E-state index in [1.54, 1.807) is 0 Å². The van der Waals surface area contributed by atoms with Gasteiger partial charge in [-0.3, -0.25) is 4.90 Å². The van der Waals surface area contributed by atoms with E-state index < -0.39 is 0 Å². The lowest BCUT2D eigenvalue weighted by atomic mass is 10.2. The van der Waals surface area contributed by atoms with E-state index in [4.69, 9.17) is 0 Å². The molecule has 3 heterocycles. The summed E-state index contributed by atoms with van der Waals surface area (Å²) in [6, 6.07) is 12.9. The van der Waals surface area contributed by atoms with Gasteiger partial charge in [-0.2, -0.15) is 0 Å². The summed E-state index contributed by atoms with van der Waals surface area (Å²) in [5, 5.41) is 2.47. The maximum absolute atomic E-state index is 4.43. The standard InChI is InChI=1S/C20H24N4S/c1-16-5-7-22-20(15-16)25-14-13-23-9-11-24(12-10-23)19-4-2-3-18-17(19)6-8-21-18/h2-8,15,21H,9-14H2,1H3. The average molecular weight is 353 g/mol. The minimum Gasteiger partial charge on any atom is -0.368 e. The first kappa shape index (κ1) is 16.5. The molecule has 130 valence electrons. The lowest BCUT2D eigenvalue weighted by molar-refractivity contribution is 0.273. The summed E-state index contributed by atoms with van der Waals surface area (Å²) < 4.78 is 0. The average Bonchev–Trinajstić information content (AvgIpc) is 3.11. The summed E-state index contributed by atoms with van der Waals surface area (Å²) >= 11 is 1.86. The number of rotatable bonds is 5. The van der Waals surface area contributed by atoms with E-state index in [1.165, 1.54) is 22.2 Å². The molecule has 1 aliphatic heterocycles. The van der Waals surface area contributed by atoms with Gasteiger partial charge in [-0.25, -0.2) is 4.98 Å². The number of benzene rings is 1. The van der Waals surface area contributed by atoms with Crippen molar-refractivity contribution in [3.8, 4) is 0 Å². The van der Waals surface area contributed by atoms with Crippen molar-refractivity contribution in [1.29, 1.82) is 0 Å². The molecule has 0 aliphatic carbocycles. The monoisotopic (exact) mass is 352 g/mol. The number of thioether (sulfide) groups is 1. The van der Waals surface area contributed by atoms with Crippen LogP contribution < -0.4 is 4.90 Å². The van der Waals surface area contributed by atoms with Gasteiger partial charge in [0.15, 0.2) is 0 Å². The largest absolute Gasteiger partial charge is 0.368 e. The van der Waals surface area contributed by atoms with Crippen LogP contribution in [0.4, 0.5) is 5.69 Å². The number of aromatic nitrogens is 2.